The van der Waals surface area contributed by atoms with E-state index in [1.807, 2.05) is 24.3 Å². The first kappa shape index (κ1) is 16.6. The summed E-state index contributed by atoms with van der Waals surface area (Å²) in [6.45, 7) is 3.20. The Morgan fingerprint density at radius 3 is 2.64 bits per heavy atom. The third-order valence-electron chi connectivity index (χ3n) is 3.94. The van der Waals surface area contributed by atoms with Crippen LogP contribution in [-0.4, -0.2) is 23.5 Å². The van der Waals surface area contributed by atoms with E-state index in [0.717, 1.165) is 24.2 Å². The summed E-state index contributed by atoms with van der Waals surface area (Å²) in [6.07, 6.45) is 6.69. The number of benzene rings is 1. The summed E-state index contributed by atoms with van der Waals surface area (Å²) in [6, 6.07) is 12.8. The summed E-state index contributed by atoms with van der Waals surface area (Å²) in [4.78, 5) is 6.76. The molecule has 0 bridgehead atoms. The van der Waals surface area contributed by atoms with Crippen LogP contribution in [0.5, 0.6) is 0 Å². The zero-order chi connectivity index (χ0) is 15.8. The Morgan fingerprint density at radius 1 is 1.09 bits per heavy atom. The molecule has 1 unspecified atom stereocenters. The van der Waals surface area contributed by atoms with E-state index in [1.165, 1.54) is 25.3 Å². The summed E-state index contributed by atoms with van der Waals surface area (Å²) < 4.78 is 13.6. The molecule has 3 heteroatoms. The highest BCUT2D eigenvalue weighted by atomic mass is 19.1. The van der Waals surface area contributed by atoms with Crippen molar-refractivity contribution < 1.29 is 4.39 Å². The Labute approximate surface area is 133 Å². The SMILES string of the molecule is CCCCCCN(C)C(c1cccc(F)c1)c1ccccn1. The van der Waals surface area contributed by atoms with Crippen molar-refractivity contribution in [1.82, 2.24) is 9.88 Å². The minimum absolute atomic E-state index is 0.00136. The van der Waals surface area contributed by atoms with Gasteiger partial charge in [0, 0.05) is 6.20 Å². The van der Waals surface area contributed by atoms with Gasteiger partial charge in [-0.3, -0.25) is 9.88 Å². The van der Waals surface area contributed by atoms with Crippen molar-refractivity contribution >= 4 is 0 Å². The summed E-state index contributed by atoms with van der Waals surface area (Å²) in [5.74, 6) is -0.196. The van der Waals surface area contributed by atoms with Gasteiger partial charge in [0.2, 0.25) is 0 Å². The van der Waals surface area contributed by atoms with Gasteiger partial charge >= 0.3 is 0 Å². The van der Waals surface area contributed by atoms with Crippen LogP contribution in [0.25, 0.3) is 0 Å². The normalized spacial score (nSPS) is 12.5. The average Bonchev–Trinajstić information content (AvgIpc) is 2.53. The Bertz CT molecular complexity index is 556. The van der Waals surface area contributed by atoms with Gasteiger partial charge in [0.15, 0.2) is 0 Å². The van der Waals surface area contributed by atoms with Gasteiger partial charge in [0.1, 0.15) is 5.82 Å². The number of hydrogen-bond acceptors (Lipinski definition) is 2. The molecule has 22 heavy (non-hydrogen) atoms. The van der Waals surface area contributed by atoms with Crippen LogP contribution >= 0.6 is 0 Å². The van der Waals surface area contributed by atoms with Crippen LogP contribution in [0, 0.1) is 5.82 Å². The van der Waals surface area contributed by atoms with Crippen molar-refractivity contribution in [2.24, 2.45) is 0 Å². The Kier molecular flexibility index (Phi) is 6.53. The van der Waals surface area contributed by atoms with Gasteiger partial charge in [-0.15, -0.1) is 0 Å². The van der Waals surface area contributed by atoms with Crippen molar-refractivity contribution in [3.05, 3.63) is 65.7 Å². The van der Waals surface area contributed by atoms with Crippen LogP contribution in [0.3, 0.4) is 0 Å². The lowest BCUT2D eigenvalue weighted by atomic mass is 10.0. The molecule has 2 rings (SSSR count). The lowest BCUT2D eigenvalue weighted by molar-refractivity contribution is 0.267. The summed E-state index contributed by atoms with van der Waals surface area (Å²) >= 11 is 0. The largest absolute Gasteiger partial charge is 0.294 e. The molecular formula is C19H25FN2. The minimum atomic E-state index is -0.196. The zero-order valence-corrected chi connectivity index (χ0v) is 13.5. The van der Waals surface area contributed by atoms with Crippen molar-refractivity contribution in [3.63, 3.8) is 0 Å². The van der Waals surface area contributed by atoms with Gasteiger partial charge in [0.05, 0.1) is 11.7 Å². The number of hydrogen-bond donors (Lipinski definition) is 0. The Balaban J connectivity index is 2.18. The maximum absolute atomic E-state index is 13.6. The molecule has 2 nitrogen and oxygen atoms in total. The van der Waals surface area contributed by atoms with Gasteiger partial charge in [-0.05, 0) is 49.8 Å². The lowest BCUT2D eigenvalue weighted by Crippen LogP contribution is -2.27. The molecule has 0 fully saturated rings. The van der Waals surface area contributed by atoms with E-state index in [0.29, 0.717) is 0 Å². The average molecular weight is 300 g/mol. The van der Waals surface area contributed by atoms with E-state index in [2.05, 4.69) is 23.9 Å². The fourth-order valence-electron chi connectivity index (χ4n) is 2.78. The van der Waals surface area contributed by atoms with Crippen LogP contribution in [0.15, 0.2) is 48.7 Å². The molecule has 0 aliphatic heterocycles. The topological polar surface area (TPSA) is 16.1 Å². The van der Waals surface area contributed by atoms with Gasteiger partial charge < -0.3 is 0 Å². The van der Waals surface area contributed by atoms with Gasteiger partial charge in [-0.2, -0.15) is 0 Å². The number of unbranched alkanes of at least 4 members (excludes halogenated alkanes) is 3. The van der Waals surface area contributed by atoms with Crippen molar-refractivity contribution in [1.29, 1.82) is 0 Å². The predicted molar refractivity (Wildman–Crippen MR) is 89.3 cm³/mol. The zero-order valence-electron chi connectivity index (χ0n) is 13.5. The molecule has 0 saturated heterocycles. The van der Waals surface area contributed by atoms with Gasteiger partial charge in [-0.1, -0.05) is 44.4 Å². The molecule has 2 aromatic rings. The highest BCUT2D eigenvalue weighted by Gasteiger charge is 2.20. The van der Waals surface area contributed by atoms with Crippen molar-refractivity contribution in [2.45, 2.75) is 38.6 Å². The van der Waals surface area contributed by atoms with E-state index < -0.39 is 0 Å². The molecule has 0 spiro atoms. The van der Waals surface area contributed by atoms with Gasteiger partial charge in [0.25, 0.3) is 0 Å². The monoisotopic (exact) mass is 300 g/mol. The van der Waals surface area contributed by atoms with Crippen LogP contribution in [0.2, 0.25) is 0 Å². The van der Waals surface area contributed by atoms with Crippen LogP contribution in [0.4, 0.5) is 4.39 Å². The third kappa shape index (κ3) is 4.63. The number of nitrogens with zero attached hydrogens (tertiary/aromatic N) is 2. The molecule has 1 aromatic heterocycles. The van der Waals surface area contributed by atoms with E-state index >= 15 is 0 Å². The first-order valence-corrected chi connectivity index (χ1v) is 8.09. The Morgan fingerprint density at radius 2 is 1.95 bits per heavy atom. The molecule has 0 saturated carbocycles. The summed E-state index contributed by atoms with van der Waals surface area (Å²) in [5, 5.41) is 0. The minimum Gasteiger partial charge on any atom is -0.294 e. The van der Waals surface area contributed by atoms with Crippen molar-refractivity contribution in [3.8, 4) is 0 Å². The van der Waals surface area contributed by atoms with Crippen LogP contribution < -0.4 is 0 Å². The lowest BCUT2D eigenvalue weighted by Gasteiger charge is -2.28. The molecule has 0 aliphatic rings. The molecule has 1 heterocycles. The van der Waals surface area contributed by atoms with E-state index in [4.69, 9.17) is 0 Å². The fraction of sp³-hybridized carbons (Fsp3) is 0.421. The molecule has 118 valence electrons. The maximum atomic E-state index is 13.6. The molecule has 0 radical (unpaired) electrons. The quantitative estimate of drug-likeness (QED) is 0.650. The highest BCUT2D eigenvalue weighted by molar-refractivity contribution is 5.28. The fourth-order valence-corrected chi connectivity index (χ4v) is 2.78. The molecule has 0 aliphatic carbocycles. The standard InChI is InChI=1S/C19H25FN2/c1-3-4-5-8-14-22(2)19(18-12-6-7-13-21-18)16-10-9-11-17(20)15-16/h6-7,9-13,15,19H,3-5,8,14H2,1-2H3. The summed E-state index contributed by atoms with van der Waals surface area (Å²) in [5.41, 5.74) is 1.92. The van der Waals surface area contributed by atoms with E-state index in [1.54, 1.807) is 18.3 Å². The van der Waals surface area contributed by atoms with Crippen molar-refractivity contribution in [2.75, 3.05) is 13.6 Å². The number of rotatable bonds is 8. The number of aromatic nitrogens is 1. The third-order valence-corrected chi connectivity index (χ3v) is 3.94. The first-order chi connectivity index (χ1) is 10.7. The molecule has 0 N–H and O–H groups in total. The van der Waals surface area contributed by atoms with E-state index in [-0.39, 0.29) is 11.9 Å². The van der Waals surface area contributed by atoms with E-state index in [9.17, 15) is 4.39 Å². The molecule has 1 aromatic carbocycles. The van der Waals surface area contributed by atoms with Crippen LogP contribution in [-0.2, 0) is 0 Å². The molecular weight excluding hydrogens is 275 g/mol. The second-order valence-electron chi connectivity index (χ2n) is 5.75. The predicted octanol–water partition coefficient (Wildman–Crippen LogP) is 4.82. The highest BCUT2D eigenvalue weighted by Crippen LogP contribution is 2.27. The molecule has 1 atom stereocenters. The number of pyridine rings is 1. The second-order valence-corrected chi connectivity index (χ2v) is 5.75. The molecule has 0 amide bonds. The second kappa shape index (κ2) is 8.64. The number of halogens is 1. The smallest absolute Gasteiger partial charge is 0.123 e. The Hall–Kier alpha value is -1.74. The van der Waals surface area contributed by atoms with Crippen LogP contribution in [0.1, 0.15) is 49.9 Å². The first-order valence-electron chi connectivity index (χ1n) is 8.09. The summed E-state index contributed by atoms with van der Waals surface area (Å²) in [7, 11) is 2.09. The maximum Gasteiger partial charge on any atom is 0.123 e. The van der Waals surface area contributed by atoms with Gasteiger partial charge in [-0.25, -0.2) is 4.39 Å².